The van der Waals surface area contributed by atoms with Crippen molar-refractivity contribution in [2.75, 3.05) is 23.8 Å². The summed E-state index contributed by atoms with van der Waals surface area (Å²) in [6.45, 7) is 3.46. The molecule has 2 N–H and O–H groups in total. The minimum atomic E-state index is -4.59. The van der Waals surface area contributed by atoms with Gasteiger partial charge in [0.1, 0.15) is 5.75 Å². The predicted molar refractivity (Wildman–Crippen MR) is 102 cm³/mol. The van der Waals surface area contributed by atoms with Gasteiger partial charge in [0, 0.05) is 11.4 Å². The maximum atomic E-state index is 12.9. The Morgan fingerprint density at radius 2 is 1.66 bits per heavy atom. The van der Waals surface area contributed by atoms with Crippen molar-refractivity contribution in [1.82, 2.24) is 0 Å². The Morgan fingerprint density at radius 3 is 2.31 bits per heavy atom. The number of hydrogen-bond donors (Lipinski definition) is 2. The predicted octanol–water partition coefficient (Wildman–Crippen LogP) is 4.93. The second-order valence-corrected chi connectivity index (χ2v) is 6.53. The van der Waals surface area contributed by atoms with Gasteiger partial charge in [-0.25, -0.2) is 4.79 Å². The van der Waals surface area contributed by atoms with Gasteiger partial charge in [0.15, 0.2) is 6.61 Å². The van der Waals surface area contributed by atoms with Gasteiger partial charge in [0.05, 0.1) is 12.2 Å². The van der Waals surface area contributed by atoms with Crippen LogP contribution >= 0.6 is 0 Å². The first-order valence-electron chi connectivity index (χ1n) is 8.78. The molecule has 0 aliphatic rings. The van der Waals surface area contributed by atoms with E-state index in [1.54, 1.807) is 18.2 Å². The standard InChI is InChI=1S/C20H21F3N2O4/c1-13(2)11-29-19(27)25-15-7-5-6-14(10-15)24-18(26)12-28-17-9-4-3-8-16(17)20(21,22)23/h3-10,13H,11-12H2,1-2H3,(H,24,26)(H,25,27). The third kappa shape index (κ3) is 7.36. The lowest BCUT2D eigenvalue weighted by molar-refractivity contribution is -0.139. The van der Waals surface area contributed by atoms with Crippen molar-refractivity contribution in [3.63, 3.8) is 0 Å². The minimum Gasteiger partial charge on any atom is -0.483 e. The van der Waals surface area contributed by atoms with E-state index >= 15 is 0 Å². The smallest absolute Gasteiger partial charge is 0.419 e. The number of nitrogens with one attached hydrogen (secondary N) is 2. The molecule has 0 bridgehead atoms. The van der Waals surface area contributed by atoms with Gasteiger partial charge in [-0.3, -0.25) is 10.1 Å². The molecular formula is C20H21F3N2O4. The number of amides is 2. The summed E-state index contributed by atoms with van der Waals surface area (Å²) in [7, 11) is 0. The number of benzene rings is 2. The Bertz CT molecular complexity index is 854. The van der Waals surface area contributed by atoms with Crippen LogP contribution in [0.4, 0.5) is 29.3 Å². The van der Waals surface area contributed by atoms with E-state index in [4.69, 9.17) is 9.47 Å². The summed E-state index contributed by atoms with van der Waals surface area (Å²) >= 11 is 0. The molecule has 6 nitrogen and oxygen atoms in total. The molecule has 29 heavy (non-hydrogen) atoms. The van der Waals surface area contributed by atoms with E-state index in [9.17, 15) is 22.8 Å². The molecule has 2 rings (SSSR count). The van der Waals surface area contributed by atoms with Gasteiger partial charge in [0.25, 0.3) is 5.91 Å². The normalized spacial score (nSPS) is 11.1. The molecule has 156 valence electrons. The summed E-state index contributed by atoms with van der Waals surface area (Å²) in [5.41, 5.74) is -0.233. The van der Waals surface area contributed by atoms with Crippen LogP contribution in [0.1, 0.15) is 19.4 Å². The maximum absolute atomic E-state index is 12.9. The van der Waals surface area contributed by atoms with Gasteiger partial charge in [-0.05, 0) is 36.2 Å². The van der Waals surface area contributed by atoms with E-state index in [-0.39, 0.29) is 12.5 Å². The molecule has 9 heteroatoms. The van der Waals surface area contributed by atoms with Crippen LogP contribution in [0.15, 0.2) is 48.5 Å². The fourth-order valence-corrected chi connectivity index (χ4v) is 2.24. The molecular weight excluding hydrogens is 389 g/mol. The molecule has 0 aliphatic heterocycles. The number of ether oxygens (including phenoxy) is 2. The molecule has 0 aliphatic carbocycles. The van der Waals surface area contributed by atoms with Crippen LogP contribution < -0.4 is 15.4 Å². The zero-order valence-corrected chi connectivity index (χ0v) is 15.9. The second-order valence-electron chi connectivity index (χ2n) is 6.53. The van der Waals surface area contributed by atoms with Crippen LogP contribution in [0.3, 0.4) is 0 Å². The number of para-hydroxylation sites is 1. The zero-order chi connectivity index (χ0) is 21.4. The van der Waals surface area contributed by atoms with E-state index in [0.717, 1.165) is 12.1 Å². The van der Waals surface area contributed by atoms with E-state index in [2.05, 4.69) is 10.6 Å². The van der Waals surface area contributed by atoms with E-state index in [0.29, 0.717) is 11.4 Å². The number of carbonyl (C=O) groups is 2. The fraction of sp³-hybridized carbons (Fsp3) is 0.300. The third-order valence-corrected chi connectivity index (χ3v) is 3.49. The van der Waals surface area contributed by atoms with Crippen molar-refractivity contribution in [3.05, 3.63) is 54.1 Å². The number of alkyl halides is 3. The lowest BCUT2D eigenvalue weighted by Crippen LogP contribution is -2.21. The Balaban J connectivity index is 1.92. The lowest BCUT2D eigenvalue weighted by Gasteiger charge is -2.14. The average Bonchev–Trinajstić information content (AvgIpc) is 2.64. The summed E-state index contributed by atoms with van der Waals surface area (Å²) < 4.78 is 48.9. The van der Waals surface area contributed by atoms with Crippen LogP contribution in [0.2, 0.25) is 0 Å². The highest BCUT2D eigenvalue weighted by Crippen LogP contribution is 2.35. The van der Waals surface area contributed by atoms with E-state index < -0.39 is 36.1 Å². The Hall–Kier alpha value is -3.23. The van der Waals surface area contributed by atoms with Gasteiger partial charge in [-0.2, -0.15) is 13.2 Å². The summed E-state index contributed by atoms with van der Waals surface area (Å²) in [6.07, 6.45) is -5.22. The highest BCUT2D eigenvalue weighted by Gasteiger charge is 2.34. The first kappa shape index (κ1) is 22.1. The molecule has 0 fully saturated rings. The van der Waals surface area contributed by atoms with Crippen LogP contribution in [0, 0.1) is 5.92 Å². The summed E-state index contributed by atoms with van der Waals surface area (Å²) in [5, 5.41) is 5.02. The monoisotopic (exact) mass is 410 g/mol. The van der Waals surface area contributed by atoms with E-state index in [1.165, 1.54) is 18.2 Å². The summed E-state index contributed by atoms with van der Waals surface area (Å²) in [4.78, 5) is 23.7. The number of carbonyl (C=O) groups excluding carboxylic acids is 2. The van der Waals surface area contributed by atoms with Crippen LogP contribution in [0.5, 0.6) is 5.75 Å². The van der Waals surface area contributed by atoms with Crippen LogP contribution in [-0.2, 0) is 15.7 Å². The Labute approximate surface area is 166 Å². The SMILES string of the molecule is CC(C)COC(=O)Nc1cccc(NC(=O)COc2ccccc2C(F)(F)F)c1. The molecule has 2 amide bonds. The van der Waals surface area contributed by atoms with Gasteiger partial charge in [0.2, 0.25) is 0 Å². The highest BCUT2D eigenvalue weighted by molar-refractivity contribution is 5.93. The van der Waals surface area contributed by atoms with Crippen molar-refractivity contribution in [2.45, 2.75) is 20.0 Å². The van der Waals surface area contributed by atoms with Crippen molar-refractivity contribution in [3.8, 4) is 5.75 Å². The molecule has 0 heterocycles. The lowest BCUT2D eigenvalue weighted by atomic mass is 10.2. The summed E-state index contributed by atoms with van der Waals surface area (Å²) in [5.74, 6) is -0.895. The minimum absolute atomic E-state index is 0.189. The van der Waals surface area contributed by atoms with Gasteiger partial charge in [-0.1, -0.05) is 32.0 Å². The zero-order valence-electron chi connectivity index (χ0n) is 15.9. The van der Waals surface area contributed by atoms with Gasteiger partial charge >= 0.3 is 12.3 Å². The maximum Gasteiger partial charge on any atom is 0.419 e. The molecule has 0 unspecified atom stereocenters. The molecule has 0 radical (unpaired) electrons. The molecule has 2 aromatic carbocycles. The van der Waals surface area contributed by atoms with Crippen molar-refractivity contribution < 1.29 is 32.2 Å². The molecule has 0 saturated carbocycles. The van der Waals surface area contributed by atoms with Crippen molar-refractivity contribution in [1.29, 1.82) is 0 Å². The number of halogens is 3. The molecule has 0 spiro atoms. The third-order valence-electron chi connectivity index (χ3n) is 3.49. The molecule has 2 aromatic rings. The number of rotatable bonds is 7. The molecule has 0 atom stereocenters. The Morgan fingerprint density at radius 1 is 1.00 bits per heavy atom. The van der Waals surface area contributed by atoms with Crippen molar-refractivity contribution in [2.24, 2.45) is 5.92 Å². The average molecular weight is 410 g/mol. The number of hydrogen-bond acceptors (Lipinski definition) is 4. The topological polar surface area (TPSA) is 76.7 Å². The van der Waals surface area contributed by atoms with Crippen molar-refractivity contribution >= 4 is 23.4 Å². The largest absolute Gasteiger partial charge is 0.483 e. The highest BCUT2D eigenvalue weighted by atomic mass is 19.4. The molecule has 0 aromatic heterocycles. The van der Waals surface area contributed by atoms with Crippen LogP contribution in [0.25, 0.3) is 0 Å². The Kier molecular flexibility index (Phi) is 7.46. The van der Waals surface area contributed by atoms with Gasteiger partial charge < -0.3 is 14.8 Å². The first-order chi connectivity index (χ1) is 13.6. The molecule has 0 saturated heterocycles. The summed E-state index contributed by atoms with van der Waals surface area (Å²) in [6, 6.07) is 10.9. The second kappa shape index (κ2) is 9.81. The number of anilines is 2. The van der Waals surface area contributed by atoms with Gasteiger partial charge in [-0.15, -0.1) is 0 Å². The first-order valence-corrected chi connectivity index (χ1v) is 8.78. The van der Waals surface area contributed by atoms with Crippen LogP contribution in [-0.4, -0.2) is 25.2 Å². The quantitative estimate of drug-likeness (QED) is 0.679. The van der Waals surface area contributed by atoms with E-state index in [1.807, 2.05) is 13.8 Å². The fourth-order valence-electron chi connectivity index (χ4n) is 2.24.